The number of nitrogen functional groups attached to an aromatic ring is 1. The summed E-state index contributed by atoms with van der Waals surface area (Å²) in [6.45, 7) is 3.96. The van der Waals surface area contributed by atoms with Crippen LogP contribution in [0.2, 0.25) is 0 Å². The highest BCUT2D eigenvalue weighted by atomic mass is 16.6. The van der Waals surface area contributed by atoms with Crippen LogP contribution in [0.4, 0.5) is 11.4 Å². The SMILES string of the molecule is CN1CCC(CN(C)Cc2cc([N+](=O)[O-])ccc2N)CC1. The highest BCUT2D eigenvalue weighted by molar-refractivity contribution is 5.52. The molecule has 0 saturated carbocycles. The van der Waals surface area contributed by atoms with Crippen molar-refractivity contribution in [2.45, 2.75) is 19.4 Å². The van der Waals surface area contributed by atoms with Gasteiger partial charge in [0.1, 0.15) is 0 Å². The summed E-state index contributed by atoms with van der Waals surface area (Å²) >= 11 is 0. The third kappa shape index (κ3) is 4.41. The highest BCUT2D eigenvalue weighted by Gasteiger charge is 2.19. The summed E-state index contributed by atoms with van der Waals surface area (Å²) in [5.41, 5.74) is 7.49. The lowest BCUT2D eigenvalue weighted by molar-refractivity contribution is -0.384. The van der Waals surface area contributed by atoms with E-state index < -0.39 is 0 Å². The molecule has 0 aliphatic carbocycles. The van der Waals surface area contributed by atoms with Crippen LogP contribution in [0.25, 0.3) is 0 Å². The number of nitro benzene ring substituents is 1. The molecule has 116 valence electrons. The number of nitrogens with zero attached hydrogens (tertiary/aromatic N) is 3. The maximum absolute atomic E-state index is 10.8. The Morgan fingerprint density at radius 2 is 2.10 bits per heavy atom. The van der Waals surface area contributed by atoms with Gasteiger partial charge in [0, 0.05) is 30.9 Å². The normalized spacial score (nSPS) is 17.3. The quantitative estimate of drug-likeness (QED) is 0.510. The fourth-order valence-electron chi connectivity index (χ4n) is 2.88. The van der Waals surface area contributed by atoms with E-state index in [9.17, 15) is 10.1 Å². The van der Waals surface area contributed by atoms with Crippen molar-refractivity contribution >= 4 is 11.4 Å². The van der Waals surface area contributed by atoms with Gasteiger partial charge in [0.15, 0.2) is 0 Å². The maximum Gasteiger partial charge on any atom is 0.269 e. The lowest BCUT2D eigenvalue weighted by atomic mass is 9.96. The number of hydrogen-bond donors (Lipinski definition) is 1. The lowest BCUT2D eigenvalue weighted by Gasteiger charge is -2.31. The fourth-order valence-corrected chi connectivity index (χ4v) is 2.88. The minimum atomic E-state index is -0.375. The Morgan fingerprint density at radius 1 is 1.43 bits per heavy atom. The second-order valence-corrected chi connectivity index (χ2v) is 6.08. The molecular formula is C15H24N4O2. The van der Waals surface area contributed by atoms with Crippen molar-refractivity contribution in [3.05, 3.63) is 33.9 Å². The monoisotopic (exact) mass is 292 g/mol. The number of nitrogens with two attached hydrogens (primary N) is 1. The smallest absolute Gasteiger partial charge is 0.269 e. The van der Waals surface area contributed by atoms with E-state index in [-0.39, 0.29) is 10.6 Å². The number of anilines is 1. The first-order valence-corrected chi connectivity index (χ1v) is 7.35. The van der Waals surface area contributed by atoms with E-state index in [1.165, 1.54) is 18.9 Å². The molecule has 0 radical (unpaired) electrons. The molecule has 2 N–H and O–H groups in total. The van der Waals surface area contributed by atoms with Crippen molar-refractivity contribution in [1.82, 2.24) is 9.80 Å². The molecule has 1 aliphatic heterocycles. The van der Waals surface area contributed by atoms with Gasteiger partial charge in [0.25, 0.3) is 5.69 Å². The molecule has 0 bridgehead atoms. The largest absolute Gasteiger partial charge is 0.398 e. The van der Waals surface area contributed by atoms with Gasteiger partial charge in [-0.3, -0.25) is 10.1 Å². The van der Waals surface area contributed by atoms with Crippen LogP contribution in [-0.4, -0.2) is 48.5 Å². The molecular weight excluding hydrogens is 268 g/mol. The molecule has 0 aromatic heterocycles. The average Bonchev–Trinajstić information content (AvgIpc) is 2.43. The van der Waals surface area contributed by atoms with Gasteiger partial charge in [0.2, 0.25) is 0 Å². The van der Waals surface area contributed by atoms with Gasteiger partial charge >= 0.3 is 0 Å². The molecule has 1 fully saturated rings. The van der Waals surface area contributed by atoms with Crippen LogP contribution in [0.3, 0.4) is 0 Å². The molecule has 2 rings (SSSR count). The maximum atomic E-state index is 10.8. The Morgan fingerprint density at radius 3 is 2.71 bits per heavy atom. The van der Waals surface area contributed by atoms with Crippen LogP contribution in [0.5, 0.6) is 0 Å². The van der Waals surface area contributed by atoms with Gasteiger partial charge in [-0.25, -0.2) is 0 Å². The number of nitro groups is 1. The minimum absolute atomic E-state index is 0.104. The highest BCUT2D eigenvalue weighted by Crippen LogP contribution is 2.22. The summed E-state index contributed by atoms with van der Waals surface area (Å²) < 4.78 is 0. The van der Waals surface area contributed by atoms with E-state index in [1.807, 2.05) is 0 Å². The first-order chi connectivity index (χ1) is 9.95. The molecule has 21 heavy (non-hydrogen) atoms. The number of likely N-dealkylation sites (tertiary alicyclic amines) is 1. The van der Waals surface area contributed by atoms with Crippen LogP contribution in [0, 0.1) is 16.0 Å². The Kier molecular flexibility index (Phi) is 5.14. The van der Waals surface area contributed by atoms with Gasteiger partial charge in [-0.15, -0.1) is 0 Å². The van der Waals surface area contributed by atoms with Crippen molar-refractivity contribution < 1.29 is 4.92 Å². The molecule has 0 spiro atoms. The summed E-state index contributed by atoms with van der Waals surface area (Å²) in [5, 5.41) is 10.8. The van der Waals surface area contributed by atoms with E-state index in [1.54, 1.807) is 12.1 Å². The summed E-state index contributed by atoms with van der Waals surface area (Å²) in [6.07, 6.45) is 2.43. The van der Waals surface area contributed by atoms with Crippen molar-refractivity contribution in [1.29, 1.82) is 0 Å². The van der Waals surface area contributed by atoms with Crippen LogP contribution in [-0.2, 0) is 6.54 Å². The van der Waals surface area contributed by atoms with Crippen molar-refractivity contribution in [2.24, 2.45) is 5.92 Å². The predicted molar refractivity (Wildman–Crippen MR) is 84.1 cm³/mol. The number of non-ortho nitro benzene ring substituents is 1. The van der Waals surface area contributed by atoms with Gasteiger partial charge in [-0.2, -0.15) is 0 Å². The minimum Gasteiger partial charge on any atom is -0.398 e. The van der Waals surface area contributed by atoms with Gasteiger partial charge in [0.05, 0.1) is 4.92 Å². The van der Waals surface area contributed by atoms with Gasteiger partial charge < -0.3 is 15.5 Å². The lowest BCUT2D eigenvalue weighted by Crippen LogP contribution is -2.35. The number of piperidine rings is 1. The predicted octanol–water partition coefficient (Wildman–Crippen LogP) is 1.95. The van der Waals surface area contributed by atoms with Gasteiger partial charge in [-0.05, 0) is 57.6 Å². The van der Waals surface area contributed by atoms with Crippen molar-refractivity contribution in [3.8, 4) is 0 Å². The molecule has 6 heteroatoms. The van der Waals surface area contributed by atoms with Crippen LogP contribution >= 0.6 is 0 Å². The first-order valence-electron chi connectivity index (χ1n) is 7.35. The molecule has 6 nitrogen and oxygen atoms in total. The van der Waals surface area contributed by atoms with E-state index >= 15 is 0 Å². The Labute approximate surface area is 125 Å². The zero-order valence-electron chi connectivity index (χ0n) is 12.8. The summed E-state index contributed by atoms with van der Waals surface area (Å²) in [6, 6.07) is 4.66. The number of rotatable bonds is 5. The molecule has 0 amide bonds. The Bertz CT molecular complexity index is 498. The van der Waals surface area contributed by atoms with Crippen LogP contribution in [0.15, 0.2) is 18.2 Å². The van der Waals surface area contributed by atoms with E-state index in [2.05, 4.69) is 23.9 Å². The fraction of sp³-hybridized carbons (Fsp3) is 0.600. The summed E-state index contributed by atoms with van der Waals surface area (Å²) in [4.78, 5) is 15.0. The molecule has 1 heterocycles. The summed E-state index contributed by atoms with van der Waals surface area (Å²) in [5.74, 6) is 0.700. The molecule has 1 saturated heterocycles. The topological polar surface area (TPSA) is 75.6 Å². The summed E-state index contributed by atoms with van der Waals surface area (Å²) in [7, 11) is 4.21. The molecule has 0 atom stereocenters. The van der Waals surface area contributed by atoms with Crippen molar-refractivity contribution in [3.63, 3.8) is 0 Å². The molecule has 1 aliphatic rings. The molecule has 1 aromatic rings. The third-order valence-corrected chi connectivity index (χ3v) is 4.19. The Balaban J connectivity index is 1.94. The zero-order valence-corrected chi connectivity index (χ0v) is 12.8. The molecule has 0 unspecified atom stereocenters. The van der Waals surface area contributed by atoms with Crippen LogP contribution in [0.1, 0.15) is 18.4 Å². The third-order valence-electron chi connectivity index (χ3n) is 4.19. The first kappa shape index (κ1) is 15.7. The zero-order chi connectivity index (χ0) is 15.4. The number of benzene rings is 1. The standard InChI is InChI=1S/C15H24N4O2/c1-17-7-5-12(6-8-17)10-18(2)11-13-9-14(19(20)21)3-4-15(13)16/h3-4,9,12H,5-8,10-11,16H2,1-2H3. The second kappa shape index (κ2) is 6.87. The Hall–Kier alpha value is -1.66. The van der Waals surface area contributed by atoms with Crippen molar-refractivity contribution in [2.75, 3.05) is 39.5 Å². The van der Waals surface area contributed by atoms with E-state index in [4.69, 9.17) is 5.73 Å². The second-order valence-electron chi connectivity index (χ2n) is 6.08. The average molecular weight is 292 g/mol. The van der Waals surface area contributed by atoms with Gasteiger partial charge in [-0.1, -0.05) is 0 Å². The van der Waals surface area contributed by atoms with Crippen LogP contribution < -0.4 is 5.73 Å². The number of hydrogen-bond acceptors (Lipinski definition) is 5. The van der Waals surface area contributed by atoms with E-state index in [0.29, 0.717) is 18.2 Å². The molecule has 1 aromatic carbocycles. The van der Waals surface area contributed by atoms with E-state index in [0.717, 1.165) is 25.2 Å².